The monoisotopic (exact) mass is 429 g/mol. The van der Waals surface area contributed by atoms with E-state index in [1.807, 2.05) is 24.3 Å². The van der Waals surface area contributed by atoms with E-state index in [1.54, 1.807) is 19.2 Å². The van der Waals surface area contributed by atoms with Gasteiger partial charge in [0.15, 0.2) is 0 Å². The first kappa shape index (κ1) is 21.8. The first-order valence-corrected chi connectivity index (χ1v) is 11.5. The highest BCUT2D eigenvalue weighted by Crippen LogP contribution is 2.18. The Bertz CT molecular complexity index is 1000. The van der Waals surface area contributed by atoms with E-state index in [9.17, 15) is 13.2 Å². The first-order valence-electron chi connectivity index (χ1n) is 10.1. The molecule has 0 unspecified atom stereocenters. The molecule has 1 amide bonds. The van der Waals surface area contributed by atoms with Crippen LogP contribution in [0.25, 0.3) is 0 Å². The van der Waals surface area contributed by atoms with Crippen LogP contribution in [0.3, 0.4) is 0 Å². The molecule has 2 aromatic rings. The highest BCUT2D eigenvalue weighted by atomic mass is 32.2. The molecule has 1 aliphatic heterocycles. The zero-order valence-electron chi connectivity index (χ0n) is 17.1. The van der Waals surface area contributed by atoms with Gasteiger partial charge in [-0.1, -0.05) is 24.6 Å². The Morgan fingerprint density at radius 3 is 2.67 bits per heavy atom. The van der Waals surface area contributed by atoms with Crippen molar-refractivity contribution in [2.45, 2.75) is 43.4 Å². The number of benzene rings is 2. The van der Waals surface area contributed by atoms with Crippen molar-refractivity contribution in [2.75, 3.05) is 19.0 Å². The number of methoxy groups -OCH3 is 1. The fourth-order valence-corrected chi connectivity index (χ4v) is 4.32. The number of nitrogens with zero attached hydrogens (tertiary/aromatic N) is 1. The Kier molecular flexibility index (Phi) is 7.46. The van der Waals surface area contributed by atoms with Crippen molar-refractivity contribution in [3.8, 4) is 5.75 Å². The smallest absolute Gasteiger partial charge is 0.262 e. The zero-order valence-corrected chi connectivity index (χ0v) is 17.9. The highest BCUT2D eigenvalue weighted by molar-refractivity contribution is 7.90. The van der Waals surface area contributed by atoms with Crippen LogP contribution in [0.15, 0.2) is 58.4 Å². The summed E-state index contributed by atoms with van der Waals surface area (Å²) < 4.78 is 33.1. The van der Waals surface area contributed by atoms with Crippen LogP contribution in [-0.4, -0.2) is 33.8 Å². The van der Waals surface area contributed by atoms with Gasteiger partial charge in [-0.05, 0) is 55.2 Å². The van der Waals surface area contributed by atoms with Gasteiger partial charge in [0.2, 0.25) is 5.91 Å². The van der Waals surface area contributed by atoms with Gasteiger partial charge in [-0.2, -0.15) is 0 Å². The van der Waals surface area contributed by atoms with Gasteiger partial charge >= 0.3 is 0 Å². The lowest BCUT2D eigenvalue weighted by Crippen LogP contribution is -2.30. The Morgan fingerprint density at radius 1 is 1.10 bits per heavy atom. The van der Waals surface area contributed by atoms with Gasteiger partial charge in [-0.3, -0.25) is 14.5 Å². The standard InChI is InChI=1S/C22H27N3O4S/c1-29-19-12-9-17(10-13-19)11-14-22(26)24-18-6-5-7-20(16-18)30(27,28)25-21-8-3-2-4-15-23-21/h5-7,9-10,12-13,16H,2-4,8,11,14-15H2,1H3,(H,23,25)(H,24,26). The van der Waals surface area contributed by atoms with E-state index < -0.39 is 10.0 Å². The third-order valence-electron chi connectivity index (χ3n) is 4.85. The molecule has 0 atom stereocenters. The van der Waals surface area contributed by atoms with E-state index in [4.69, 9.17) is 4.74 Å². The summed E-state index contributed by atoms with van der Waals surface area (Å²) in [6, 6.07) is 13.8. The fraction of sp³-hybridized carbons (Fsp3) is 0.364. The summed E-state index contributed by atoms with van der Waals surface area (Å²) in [7, 11) is -2.13. The maximum absolute atomic E-state index is 12.7. The SMILES string of the molecule is COc1ccc(CCC(=O)Nc2cccc(S(=O)(=O)NC3=NCCCCC3)c2)cc1. The molecule has 2 aromatic carbocycles. The van der Waals surface area contributed by atoms with Gasteiger partial charge < -0.3 is 10.1 Å². The second-order valence-electron chi connectivity index (χ2n) is 7.17. The molecule has 30 heavy (non-hydrogen) atoms. The molecule has 0 fully saturated rings. The number of aryl methyl sites for hydroxylation is 1. The third-order valence-corrected chi connectivity index (χ3v) is 6.23. The van der Waals surface area contributed by atoms with Gasteiger partial charge in [-0.15, -0.1) is 0 Å². The number of hydrogen-bond acceptors (Lipinski definition) is 5. The van der Waals surface area contributed by atoms with E-state index in [0.29, 0.717) is 37.3 Å². The number of anilines is 1. The Morgan fingerprint density at radius 2 is 1.90 bits per heavy atom. The molecule has 0 aromatic heterocycles. The van der Waals surface area contributed by atoms with E-state index >= 15 is 0 Å². The first-order chi connectivity index (χ1) is 14.5. The predicted molar refractivity (Wildman–Crippen MR) is 117 cm³/mol. The summed E-state index contributed by atoms with van der Waals surface area (Å²) in [6.45, 7) is 0.641. The van der Waals surface area contributed by atoms with E-state index in [-0.39, 0.29) is 10.8 Å². The Labute approximate surface area is 177 Å². The number of aliphatic imine (C=N–C) groups is 1. The molecule has 2 N–H and O–H groups in total. The molecular formula is C22H27N3O4S. The maximum atomic E-state index is 12.7. The largest absolute Gasteiger partial charge is 0.497 e. The van der Waals surface area contributed by atoms with Crippen molar-refractivity contribution in [2.24, 2.45) is 4.99 Å². The lowest BCUT2D eigenvalue weighted by Gasteiger charge is -2.11. The van der Waals surface area contributed by atoms with Gasteiger partial charge in [0.25, 0.3) is 10.0 Å². The summed E-state index contributed by atoms with van der Waals surface area (Å²) >= 11 is 0. The molecule has 160 valence electrons. The van der Waals surface area contributed by atoms with Crippen LogP contribution in [0.4, 0.5) is 5.69 Å². The summed E-state index contributed by atoms with van der Waals surface area (Å²) in [5.41, 5.74) is 1.47. The van der Waals surface area contributed by atoms with Gasteiger partial charge in [0.05, 0.1) is 12.0 Å². The van der Waals surface area contributed by atoms with Crippen molar-refractivity contribution < 1.29 is 17.9 Å². The molecule has 0 aliphatic carbocycles. The van der Waals surface area contributed by atoms with Crippen LogP contribution in [-0.2, 0) is 21.2 Å². The van der Waals surface area contributed by atoms with E-state index in [1.165, 1.54) is 12.1 Å². The predicted octanol–water partition coefficient (Wildman–Crippen LogP) is 3.52. The maximum Gasteiger partial charge on any atom is 0.262 e. The summed E-state index contributed by atoms with van der Waals surface area (Å²) in [6.07, 6.45) is 4.44. The van der Waals surface area contributed by atoms with Gasteiger partial charge in [-0.25, -0.2) is 8.42 Å². The number of sulfonamides is 1. The van der Waals surface area contributed by atoms with Gasteiger partial charge in [0, 0.05) is 25.1 Å². The quantitative estimate of drug-likeness (QED) is 0.704. The number of nitrogens with one attached hydrogen (secondary N) is 2. The lowest BCUT2D eigenvalue weighted by atomic mass is 10.1. The van der Waals surface area contributed by atoms with Crippen LogP contribution in [0, 0.1) is 0 Å². The van der Waals surface area contributed by atoms with Crippen LogP contribution in [0.1, 0.15) is 37.7 Å². The summed E-state index contributed by atoms with van der Waals surface area (Å²) in [4.78, 5) is 16.7. The van der Waals surface area contributed by atoms with Crippen molar-refractivity contribution in [3.05, 3.63) is 54.1 Å². The van der Waals surface area contributed by atoms with E-state index in [2.05, 4.69) is 15.0 Å². The fourth-order valence-electron chi connectivity index (χ4n) is 3.19. The van der Waals surface area contributed by atoms with Crippen molar-refractivity contribution >= 4 is 27.5 Å². The molecule has 1 aliphatic rings. The zero-order chi connectivity index (χ0) is 21.4. The normalized spacial score (nSPS) is 14.4. The summed E-state index contributed by atoms with van der Waals surface area (Å²) in [5, 5.41) is 2.77. The van der Waals surface area contributed by atoms with Crippen LogP contribution in [0.2, 0.25) is 0 Å². The van der Waals surface area contributed by atoms with E-state index in [0.717, 1.165) is 30.6 Å². The molecule has 0 saturated heterocycles. The minimum absolute atomic E-state index is 0.0994. The second kappa shape index (κ2) is 10.2. The average Bonchev–Trinajstić information content (AvgIpc) is 3.01. The molecule has 7 nitrogen and oxygen atoms in total. The Balaban J connectivity index is 1.59. The average molecular weight is 430 g/mol. The molecule has 0 spiro atoms. The topological polar surface area (TPSA) is 96.9 Å². The van der Waals surface area contributed by atoms with Crippen molar-refractivity contribution in [1.29, 1.82) is 0 Å². The number of rotatable bonds is 7. The number of carbonyl (C=O) groups excluding carboxylic acids is 1. The highest BCUT2D eigenvalue weighted by Gasteiger charge is 2.18. The minimum Gasteiger partial charge on any atom is -0.497 e. The molecule has 8 heteroatoms. The molecule has 1 heterocycles. The van der Waals surface area contributed by atoms with Crippen LogP contribution < -0.4 is 14.8 Å². The number of carbonyl (C=O) groups is 1. The number of amides is 1. The Hall–Kier alpha value is -2.87. The molecule has 3 rings (SSSR count). The van der Waals surface area contributed by atoms with Crippen molar-refractivity contribution in [1.82, 2.24) is 4.72 Å². The number of amidine groups is 1. The third kappa shape index (κ3) is 6.32. The lowest BCUT2D eigenvalue weighted by molar-refractivity contribution is -0.116. The van der Waals surface area contributed by atoms with Crippen molar-refractivity contribution in [3.63, 3.8) is 0 Å². The molecule has 0 bridgehead atoms. The van der Waals surface area contributed by atoms with Crippen LogP contribution in [0.5, 0.6) is 5.75 Å². The number of ether oxygens (including phenoxy) is 1. The molecule has 0 saturated carbocycles. The minimum atomic E-state index is -3.74. The summed E-state index contributed by atoms with van der Waals surface area (Å²) in [5.74, 6) is 1.09. The number of hydrogen-bond donors (Lipinski definition) is 2. The molecular weight excluding hydrogens is 402 g/mol. The molecule has 0 radical (unpaired) electrons. The van der Waals surface area contributed by atoms with Gasteiger partial charge in [0.1, 0.15) is 11.6 Å². The van der Waals surface area contributed by atoms with Crippen LogP contribution >= 0.6 is 0 Å². The second-order valence-corrected chi connectivity index (χ2v) is 8.85.